The van der Waals surface area contributed by atoms with Crippen LogP contribution in [0, 0.1) is 11.3 Å². The molecule has 0 saturated heterocycles. The fourth-order valence-electron chi connectivity index (χ4n) is 2.58. The first-order valence-corrected chi connectivity index (χ1v) is 7.92. The van der Waals surface area contributed by atoms with Gasteiger partial charge in [-0.1, -0.05) is 18.7 Å². The maximum absolute atomic E-state index is 11.4. The summed E-state index contributed by atoms with van der Waals surface area (Å²) in [5.74, 6) is 0. The molecule has 0 bridgehead atoms. The van der Waals surface area contributed by atoms with E-state index in [-0.39, 0.29) is 5.69 Å². The molecule has 0 amide bonds. The SMILES string of the molecule is CCCNC1(C#N)CCCC(Sc2n[nH]c(=O)n2C)C1. The van der Waals surface area contributed by atoms with Crippen molar-refractivity contribution in [2.75, 3.05) is 6.54 Å². The normalized spacial score (nSPS) is 26.4. The van der Waals surface area contributed by atoms with Crippen molar-refractivity contribution in [2.24, 2.45) is 7.05 Å². The second-order valence-electron chi connectivity index (χ2n) is 5.33. The zero-order valence-corrected chi connectivity index (χ0v) is 12.8. The number of aromatic amines is 1. The number of rotatable bonds is 5. The van der Waals surface area contributed by atoms with Crippen LogP contribution in [0.2, 0.25) is 0 Å². The predicted molar refractivity (Wildman–Crippen MR) is 78.6 cm³/mol. The first kappa shape index (κ1) is 15.1. The van der Waals surface area contributed by atoms with Crippen LogP contribution in [-0.4, -0.2) is 32.1 Å². The molecule has 2 N–H and O–H groups in total. The van der Waals surface area contributed by atoms with E-state index in [2.05, 4.69) is 28.5 Å². The van der Waals surface area contributed by atoms with Crippen molar-refractivity contribution in [3.8, 4) is 6.07 Å². The molecule has 1 aromatic heterocycles. The van der Waals surface area contributed by atoms with E-state index in [4.69, 9.17) is 0 Å². The zero-order chi connectivity index (χ0) is 14.6. The lowest BCUT2D eigenvalue weighted by atomic mass is 9.82. The summed E-state index contributed by atoms with van der Waals surface area (Å²) >= 11 is 1.59. The molecule has 2 atom stereocenters. The summed E-state index contributed by atoms with van der Waals surface area (Å²) in [7, 11) is 1.71. The molecule has 2 rings (SSSR count). The fraction of sp³-hybridized carbons (Fsp3) is 0.769. The van der Waals surface area contributed by atoms with Crippen LogP contribution in [0.5, 0.6) is 0 Å². The molecule has 7 heteroatoms. The molecule has 0 spiro atoms. The van der Waals surface area contributed by atoms with Crippen LogP contribution in [0.25, 0.3) is 0 Å². The number of nitrogens with zero attached hydrogens (tertiary/aromatic N) is 3. The Labute approximate surface area is 122 Å². The molecule has 0 aliphatic heterocycles. The lowest BCUT2D eigenvalue weighted by Gasteiger charge is -2.36. The van der Waals surface area contributed by atoms with Gasteiger partial charge in [-0.3, -0.25) is 9.88 Å². The third-order valence-corrected chi connectivity index (χ3v) is 5.06. The van der Waals surface area contributed by atoms with Crippen LogP contribution in [-0.2, 0) is 7.05 Å². The summed E-state index contributed by atoms with van der Waals surface area (Å²) in [6, 6.07) is 2.47. The lowest BCUT2D eigenvalue weighted by Crippen LogP contribution is -2.48. The minimum Gasteiger partial charge on any atom is -0.299 e. The van der Waals surface area contributed by atoms with Gasteiger partial charge in [-0.2, -0.15) is 5.26 Å². The standard InChI is InChI=1S/C13H21N5OS/c1-3-7-15-13(9-14)6-4-5-10(8-13)20-12-17-16-11(19)18(12)2/h10,15H,3-8H2,1-2H3,(H,16,19). The number of H-pyrrole nitrogens is 1. The largest absolute Gasteiger partial charge is 0.343 e. The van der Waals surface area contributed by atoms with Crippen molar-refractivity contribution in [3.63, 3.8) is 0 Å². The Morgan fingerprint density at radius 2 is 2.50 bits per heavy atom. The van der Waals surface area contributed by atoms with Gasteiger partial charge in [0.15, 0.2) is 5.16 Å². The predicted octanol–water partition coefficient (Wildman–Crippen LogP) is 1.41. The van der Waals surface area contributed by atoms with Crippen molar-refractivity contribution >= 4 is 11.8 Å². The number of hydrogen-bond donors (Lipinski definition) is 2. The van der Waals surface area contributed by atoms with Crippen LogP contribution in [0.4, 0.5) is 0 Å². The maximum atomic E-state index is 11.4. The van der Waals surface area contributed by atoms with E-state index < -0.39 is 5.54 Å². The topological polar surface area (TPSA) is 86.5 Å². The van der Waals surface area contributed by atoms with Crippen LogP contribution >= 0.6 is 11.8 Å². The highest BCUT2D eigenvalue weighted by Gasteiger charge is 2.36. The fourth-order valence-corrected chi connectivity index (χ4v) is 3.87. The molecule has 1 aromatic rings. The van der Waals surface area contributed by atoms with E-state index >= 15 is 0 Å². The molecular formula is C13H21N5OS. The summed E-state index contributed by atoms with van der Waals surface area (Å²) < 4.78 is 1.52. The smallest absolute Gasteiger partial charge is 0.299 e. The average molecular weight is 295 g/mol. The molecular weight excluding hydrogens is 274 g/mol. The van der Waals surface area contributed by atoms with Gasteiger partial charge in [0, 0.05) is 12.3 Å². The van der Waals surface area contributed by atoms with Crippen molar-refractivity contribution in [3.05, 3.63) is 10.5 Å². The molecule has 6 nitrogen and oxygen atoms in total. The Kier molecular flexibility index (Phi) is 4.89. The Morgan fingerprint density at radius 3 is 3.10 bits per heavy atom. The molecule has 110 valence electrons. The van der Waals surface area contributed by atoms with Gasteiger partial charge in [0.2, 0.25) is 0 Å². The Morgan fingerprint density at radius 1 is 1.70 bits per heavy atom. The van der Waals surface area contributed by atoms with Gasteiger partial charge in [-0.15, -0.1) is 5.10 Å². The van der Waals surface area contributed by atoms with E-state index in [9.17, 15) is 10.1 Å². The van der Waals surface area contributed by atoms with Gasteiger partial charge < -0.3 is 0 Å². The minimum absolute atomic E-state index is 0.195. The summed E-state index contributed by atoms with van der Waals surface area (Å²) in [6.07, 6.45) is 4.81. The van der Waals surface area contributed by atoms with Gasteiger partial charge >= 0.3 is 5.69 Å². The van der Waals surface area contributed by atoms with E-state index in [0.29, 0.717) is 10.4 Å². The van der Waals surface area contributed by atoms with Crippen molar-refractivity contribution < 1.29 is 0 Å². The molecule has 0 aromatic carbocycles. The van der Waals surface area contributed by atoms with E-state index in [1.54, 1.807) is 18.8 Å². The Hall–Kier alpha value is -1.26. The van der Waals surface area contributed by atoms with E-state index in [0.717, 1.165) is 38.6 Å². The molecule has 2 unspecified atom stereocenters. The van der Waals surface area contributed by atoms with Gasteiger partial charge in [-0.25, -0.2) is 9.89 Å². The highest BCUT2D eigenvalue weighted by atomic mass is 32.2. The Bertz CT molecular complexity index is 546. The van der Waals surface area contributed by atoms with Crippen molar-refractivity contribution in [1.29, 1.82) is 5.26 Å². The van der Waals surface area contributed by atoms with Gasteiger partial charge in [0.25, 0.3) is 0 Å². The third-order valence-electron chi connectivity index (χ3n) is 3.74. The molecule has 1 saturated carbocycles. The summed E-state index contributed by atoms with van der Waals surface area (Å²) in [6.45, 7) is 2.97. The van der Waals surface area contributed by atoms with Crippen LogP contribution in [0.1, 0.15) is 39.0 Å². The lowest BCUT2D eigenvalue weighted by molar-refractivity contribution is 0.304. The number of hydrogen-bond acceptors (Lipinski definition) is 5. The summed E-state index contributed by atoms with van der Waals surface area (Å²) in [5, 5.41) is 20.4. The second-order valence-corrected chi connectivity index (χ2v) is 6.59. The highest BCUT2D eigenvalue weighted by Crippen LogP contribution is 2.37. The van der Waals surface area contributed by atoms with Gasteiger partial charge in [0.1, 0.15) is 5.54 Å². The zero-order valence-electron chi connectivity index (χ0n) is 12.0. The Balaban J connectivity index is 2.05. The summed E-state index contributed by atoms with van der Waals surface area (Å²) in [4.78, 5) is 11.4. The molecule has 1 aliphatic rings. The van der Waals surface area contributed by atoms with Crippen molar-refractivity contribution in [2.45, 2.75) is 55.0 Å². The third kappa shape index (κ3) is 3.25. The highest BCUT2D eigenvalue weighted by molar-refractivity contribution is 7.99. The first-order chi connectivity index (χ1) is 9.60. The van der Waals surface area contributed by atoms with Crippen molar-refractivity contribution in [1.82, 2.24) is 20.1 Å². The maximum Gasteiger partial charge on any atom is 0.343 e. The average Bonchev–Trinajstić information content (AvgIpc) is 2.77. The summed E-state index contributed by atoms with van der Waals surface area (Å²) in [5.41, 5.74) is -0.611. The van der Waals surface area contributed by atoms with E-state index in [1.165, 1.54) is 4.57 Å². The van der Waals surface area contributed by atoms with Crippen LogP contribution < -0.4 is 11.0 Å². The van der Waals surface area contributed by atoms with Crippen LogP contribution in [0.15, 0.2) is 9.95 Å². The first-order valence-electron chi connectivity index (χ1n) is 7.04. The quantitative estimate of drug-likeness (QED) is 0.857. The molecule has 1 aliphatic carbocycles. The molecule has 0 radical (unpaired) electrons. The van der Waals surface area contributed by atoms with E-state index in [1.807, 2.05) is 0 Å². The molecule has 1 fully saturated rings. The second kappa shape index (κ2) is 6.46. The number of nitrogens with one attached hydrogen (secondary N) is 2. The van der Waals surface area contributed by atoms with Gasteiger partial charge in [-0.05, 0) is 38.6 Å². The number of aromatic nitrogens is 3. The minimum atomic E-state index is -0.416. The van der Waals surface area contributed by atoms with Crippen LogP contribution in [0.3, 0.4) is 0 Å². The number of nitriles is 1. The van der Waals surface area contributed by atoms with Gasteiger partial charge in [0.05, 0.1) is 6.07 Å². The monoisotopic (exact) mass is 295 g/mol. The molecule has 20 heavy (non-hydrogen) atoms. The number of thioether (sulfide) groups is 1. The molecule has 1 heterocycles.